The molecule has 1 saturated heterocycles. The number of carbonyl (C=O) groups is 1. The molecule has 0 N–H and O–H groups in total. The predicted octanol–water partition coefficient (Wildman–Crippen LogP) is 4.30. The van der Waals surface area contributed by atoms with Crippen LogP contribution in [0, 0.1) is 0 Å². The molecule has 0 bridgehead atoms. The van der Waals surface area contributed by atoms with Crippen molar-refractivity contribution in [1.82, 2.24) is 19.6 Å². The van der Waals surface area contributed by atoms with Crippen LogP contribution in [-0.4, -0.2) is 51.7 Å². The van der Waals surface area contributed by atoms with E-state index in [-0.39, 0.29) is 11.4 Å². The maximum absolute atomic E-state index is 13.0. The van der Waals surface area contributed by atoms with Crippen LogP contribution in [0.1, 0.15) is 60.6 Å². The van der Waals surface area contributed by atoms with Gasteiger partial charge in [-0.3, -0.25) is 14.4 Å². The molecule has 0 unspecified atom stereocenters. The minimum atomic E-state index is -0.0931. The first-order chi connectivity index (χ1) is 12.8. The molecule has 1 aliphatic heterocycles. The summed E-state index contributed by atoms with van der Waals surface area (Å²) >= 11 is 5.31. The first-order valence-electron chi connectivity index (χ1n) is 9.67. The third kappa shape index (κ3) is 4.30. The maximum Gasteiger partial charge on any atom is 0.274 e. The van der Waals surface area contributed by atoms with E-state index >= 15 is 0 Å². The lowest BCUT2D eigenvalue weighted by atomic mass is 10.1. The highest BCUT2D eigenvalue weighted by Gasteiger charge is 2.33. The Kier molecular flexibility index (Phi) is 5.20. The quantitative estimate of drug-likeness (QED) is 0.696. The van der Waals surface area contributed by atoms with Crippen LogP contribution in [0.4, 0.5) is 0 Å². The smallest absolute Gasteiger partial charge is 0.274 e. The molecule has 1 amide bonds. The molecule has 2 aromatic heterocycles. The number of piperazine rings is 1. The fourth-order valence-corrected chi connectivity index (χ4v) is 5.16. The molecule has 1 aliphatic carbocycles. The van der Waals surface area contributed by atoms with Crippen LogP contribution in [0.2, 0.25) is 0 Å². The lowest BCUT2D eigenvalue weighted by molar-refractivity contribution is 0.0622. The van der Waals surface area contributed by atoms with Crippen molar-refractivity contribution in [2.75, 3.05) is 26.2 Å². The van der Waals surface area contributed by atoms with Crippen molar-refractivity contribution in [3.8, 4) is 0 Å². The lowest BCUT2D eigenvalue weighted by Crippen LogP contribution is -2.48. The first-order valence-corrected chi connectivity index (χ1v) is 11.3. The van der Waals surface area contributed by atoms with Crippen molar-refractivity contribution >= 4 is 33.2 Å². The van der Waals surface area contributed by atoms with Gasteiger partial charge >= 0.3 is 0 Å². The van der Waals surface area contributed by atoms with Gasteiger partial charge in [-0.05, 0) is 67.7 Å². The van der Waals surface area contributed by atoms with Gasteiger partial charge in [0, 0.05) is 49.2 Å². The van der Waals surface area contributed by atoms with Crippen LogP contribution in [0.25, 0.3) is 0 Å². The lowest BCUT2D eigenvalue weighted by Gasteiger charge is -2.34. The highest BCUT2D eigenvalue weighted by Crippen LogP contribution is 2.41. The van der Waals surface area contributed by atoms with Crippen molar-refractivity contribution in [2.24, 2.45) is 0 Å². The van der Waals surface area contributed by atoms with E-state index in [1.54, 1.807) is 11.3 Å². The van der Waals surface area contributed by atoms with E-state index in [9.17, 15) is 4.79 Å². The predicted molar refractivity (Wildman–Crippen MR) is 112 cm³/mol. The molecule has 1 saturated carbocycles. The Morgan fingerprint density at radius 3 is 2.48 bits per heavy atom. The summed E-state index contributed by atoms with van der Waals surface area (Å²) in [5, 5.41) is 4.72. The van der Waals surface area contributed by atoms with E-state index in [2.05, 4.69) is 58.4 Å². The van der Waals surface area contributed by atoms with E-state index in [0.717, 1.165) is 32.7 Å². The zero-order chi connectivity index (χ0) is 19.2. The van der Waals surface area contributed by atoms with Gasteiger partial charge in [0.05, 0.1) is 9.33 Å². The number of thiophene rings is 1. The standard InChI is InChI=1S/C20H27BrN4OS/c1-20(2,3)25-17(14-4-5-14)12-16(22-25)19(26)24-10-8-23(9-11-24)13-15-6-7-18(21)27-15/h6-7,12,14H,4-5,8-11,13H2,1-3H3. The van der Waals surface area contributed by atoms with Crippen molar-refractivity contribution < 1.29 is 4.79 Å². The van der Waals surface area contributed by atoms with Crippen LogP contribution in [0.5, 0.6) is 0 Å². The molecule has 4 rings (SSSR count). The molecule has 0 atom stereocenters. The van der Waals surface area contributed by atoms with E-state index in [1.165, 1.54) is 27.2 Å². The summed E-state index contributed by atoms with van der Waals surface area (Å²) in [7, 11) is 0. The van der Waals surface area contributed by atoms with Crippen LogP contribution < -0.4 is 0 Å². The SMILES string of the molecule is CC(C)(C)n1nc(C(=O)N2CCN(Cc3ccc(Br)s3)CC2)cc1C1CC1. The van der Waals surface area contributed by atoms with Crippen LogP contribution in [0.3, 0.4) is 0 Å². The fourth-order valence-electron chi connectivity index (χ4n) is 3.64. The summed E-state index contributed by atoms with van der Waals surface area (Å²) in [5.74, 6) is 0.665. The second-order valence-electron chi connectivity index (χ2n) is 8.59. The Morgan fingerprint density at radius 2 is 1.93 bits per heavy atom. The van der Waals surface area contributed by atoms with Gasteiger partial charge in [-0.25, -0.2) is 0 Å². The zero-order valence-electron chi connectivity index (χ0n) is 16.2. The van der Waals surface area contributed by atoms with Crippen molar-refractivity contribution in [3.63, 3.8) is 0 Å². The zero-order valence-corrected chi connectivity index (χ0v) is 18.6. The fraction of sp³-hybridized carbons (Fsp3) is 0.600. The van der Waals surface area contributed by atoms with Gasteiger partial charge in [-0.2, -0.15) is 5.10 Å². The minimum absolute atomic E-state index is 0.0819. The minimum Gasteiger partial charge on any atom is -0.335 e. The summed E-state index contributed by atoms with van der Waals surface area (Å²) in [6.45, 7) is 10.8. The molecule has 7 heteroatoms. The van der Waals surface area contributed by atoms with Gasteiger partial charge in [0.15, 0.2) is 5.69 Å². The topological polar surface area (TPSA) is 41.4 Å². The summed E-state index contributed by atoms with van der Waals surface area (Å²) in [4.78, 5) is 18.8. The Hall–Kier alpha value is -1.18. The van der Waals surface area contributed by atoms with Crippen LogP contribution in [0.15, 0.2) is 22.0 Å². The van der Waals surface area contributed by atoms with E-state index in [0.29, 0.717) is 11.6 Å². The molecule has 2 aromatic rings. The third-order valence-corrected chi connectivity index (χ3v) is 6.86. The van der Waals surface area contributed by atoms with Crippen molar-refractivity contribution in [2.45, 2.75) is 51.6 Å². The largest absolute Gasteiger partial charge is 0.335 e. The number of hydrogen-bond donors (Lipinski definition) is 0. The highest BCUT2D eigenvalue weighted by atomic mass is 79.9. The Labute approximate surface area is 173 Å². The van der Waals surface area contributed by atoms with E-state index < -0.39 is 0 Å². The number of hydrogen-bond acceptors (Lipinski definition) is 4. The Morgan fingerprint density at radius 1 is 1.22 bits per heavy atom. The molecule has 2 fully saturated rings. The molecular formula is C20H27BrN4OS. The molecule has 27 heavy (non-hydrogen) atoms. The monoisotopic (exact) mass is 450 g/mol. The van der Waals surface area contributed by atoms with Gasteiger partial charge < -0.3 is 4.90 Å². The summed E-state index contributed by atoms with van der Waals surface area (Å²) in [6.07, 6.45) is 2.43. The molecule has 0 aromatic carbocycles. The number of amides is 1. The molecule has 0 radical (unpaired) electrons. The van der Waals surface area contributed by atoms with E-state index in [4.69, 9.17) is 5.10 Å². The van der Waals surface area contributed by atoms with Crippen LogP contribution >= 0.6 is 27.3 Å². The number of halogens is 1. The van der Waals surface area contributed by atoms with Gasteiger partial charge in [0.1, 0.15) is 0 Å². The number of rotatable bonds is 4. The number of aromatic nitrogens is 2. The molecule has 0 spiro atoms. The van der Waals surface area contributed by atoms with Gasteiger partial charge in [0.25, 0.3) is 5.91 Å². The number of nitrogens with zero attached hydrogens (tertiary/aromatic N) is 4. The summed E-state index contributed by atoms with van der Waals surface area (Å²) in [5.41, 5.74) is 1.75. The summed E-state index contributed by atoms with van der Waals surface area (Å²) < 4.78 is 3.25. The van der Waals surface area contributed by atoms with Gasteiger partial charge in [-0.15, -0.1) is 11.3 Å². The molecule has 3 heterocycles. The average Bonchev–Trinajstić information content (AvgIpc) is 3.22. The van der Waals surface area contributed by atoms with Gasteiger partial charge in [0.2, 0.25) is 0 Å². The molecule has 146 valence electrons. The summed E-state index contributed by atoms with van der Waals surface area (Å²) in [6, 6.07) is 6.31. The van der Waals surface area contributed by atoms with Crippen molar-refractivity contribution in [1.29, 1.82) is 0 Å². The van der Waals surface area contributed by atoms with Crippen LogP contribution in [-0.2, 0) is 12.1 Å². The number of carbonyl (C=O) groups excluding carboxylic acids is 1. The molecule has 5 nitrogen and oxygen atoms in total. The Balaban J connectivity index is 1.41. The maximum atomic E-state index is 13.0. The molecule has 2 aliphatic rings. The normalized spacial score (nSPS) is 18.9. The Bertz CT molecular complexity index is 825. The van der Waals surface area contributed by atoms with E-state index in [1.807, 2.05) is 11.0 Å². The van der Waals surface area contributed by atoms with Gasteiger partial charge in [-0.1, -0.05) is 0 Å². The molecular weight excluding hydrogens is 424 g/mol. The highest BCUT2D eigenvalue weighted by molar-refractivity contribution is 9.11. The third-order valence-electron chi connectivity index (χ3n) is 5.25. The second-order valence-corrected chi connectivity index (χ2v) is 11.1. The first kappa shape index (κ1) is 19.2. The van der Waals surface area contributed by atoms with Crippen molar-refractivity contribution in [3.05, 3.63) is 38.3 Å². The average molecular weight is 451 g/mol. The second kappa shape index (κ2) is 7.33.